The van der Waals surface area contributed by atoms with Gasteiger partial charge in [0.05, 0.1) is 17.7 Å². The van der Waals surface area contributed by atoms with Crippen LogP contribution in [0.15, 0.2) is 12.3 Å². The number of hydrogen-bond acceptors (Lipinski definition) is 3. The first-order chi connectivity index (χ1) is 8.66. The first kappa shape index (κ1) is 13.5. The van der Waals surface area contributed by atoms with Crippen molar-refractivity contribution in [3.8, 4) is 0 Å². The van der Waals surface area contributed by atoms with Gasteiger partial charge in [-0.05, 0) is 18.9 Å². The molecule has 0 spiro atoms. The predicted octanol–water partition coefficient (Wildman–Crippen LogP) is 2.95. The standard InChI is InChI=1S/C13H20N2O2S/c1-10(13(16)17)8-18-9-11-6-7-15(14-11)12-4-2-3-5-12/h6-7,10,12H,2-5,8-9H2,1H3,(H,16,17). The third-order valence-electron chi connectivity index (χ3n) is 3.40. The molecule has 1 heterocycles. The van der Waals surface area contributed by atoms with Crippen molar-refractivity contribution >= 4 is 17.7 Å². The molecule has 100 valence electrons. The van der Waals surface area contributed by atoms with Gasteiger partial charge in [-0.1, -0.05) is 19.8 Å². The van der Waals surface area contributed by atoms with Gasteiger partial charge >= 0.3 is 5.97 Å². The summed E-state index contributed by atoms with van der Waals surface area (Å²) in [5.74, 6) is 0.439. The van der Waals surface area contributed by atoms with Gasteiger partial charge in [-0.2, -0.15) is 16.9 Å². The lowest BCUT2D eigenvalue weighted by molar-refractivity contribution is -0.140. The third-order valence-corrected chi connectivity index (χ3v) is 4.64. The molecule has 1 aromatic heterocycles. The van der Waals surface area contributed by atoms with Crippen molar-refractivity contribution in [3.63, 3.8) is 0 Å². The number of carboxylic acid groups (broad SMARTS) is 1. The molecule has 1 aliphatic carbocycles. The minimum Gasteiger partial charge on any atom is -0.481 e. The Morgan fingerprint density at radius 2 is 2.33 bits per heavy atom. The van der Waals surface area contributed by atoms with Gasteiger partial charge in [0.2, 0.25) is 0 Å². The Kier molecular flexibility index (Phi) is 4.69. The number of aliphatic carboxylic acids is 1. The summed E-state index contributed by atoms with van der Waals surface area (Å²) in [6.45, 7) is 1.74. The molecule has 1 fully saturated rings. The van der Waals surface area contributed by atoms with Crippen LogP contribution < -0.4 is 0 Å². The van der Waals surface area contributed by atoms with Gasteiger partial charge < -0.3 is 5.11 Å². The summed E-state index contributed by atoms with van der Waals surface area (Å²) >= 11 is 1.64. The van der Waals surface area contributed by atoms with Crippen molar-refractivity contribution in [2.45, 2.75) is 44.4 Å². The van der Waals surface area contributed by atoms with Gasteiger partial charge in [-0.3, -0.25) is 9.48 Å². The Labute approximate surface area is 112 Å². The zero-order chi connectivity index (χ0) is 13.0. The van der Waals surface area contributed by atoms with Crippen molar-refractivity contribution in [3.05, 3.63) is 18.0 Å². The smallest absolute Gasteiger partial charge is 0.307 e. The molecule has 1 saturated carbocycles. The molecule has 1 N–H and O–H groups in total. The summed E-state index contributed by atoms with van der Waals surface area (Å²) in [4.78, 5) is 10.7. The number of aromatic nitrogens is 2. The highest BCUT2D eigenvalue weighted by Gasteiger charge is 2.17. The molecule has 1 aliphatic rings. The quantitative estimate of drug-likeness (QED) is 0.862. The van der Waals surface area contributed by atoms with Gasteiger partial charge in [0.1, 0.15) is 0 Å². The van der Waals surface area contributed by atoms with E-state index in [0.717, 1.165) is 11.4 Å². The summed E-state index contributed by atoms with van der Waals surface area (Å²) in [5.41, 5.74) is 1.06. The van der Waals surface area contributed by atoms with Crippen molar-refractivity contribution in [1.82, 2.24) is 9.78 Å². The van der Waals surface area contributed by atoms with Crippen molar-refractivity contribution in [2.24, 2.45) is 5.92 Å². The fraction of sp³-hybridized carbons (Fsp3) is 0.692. The molecule has 0 radical (unpaired) electrons. The Bertz CT molecular complexity index is 399. The predicted molar refractivity (Wildman–Crippen MR) is 72.7 cm³/mol. The topological polar surface area (TPSA) is 55.1 Å². The Morgan fingerprint density at radius 1 is 1.61 bits per heavy atom. The van der Waals surface area contributed by atoms with Crippen LogP contribution in [0.2, 0.25) is 0 Å². The molecule has 0 amide bonds. The zero-order valence-corrected chi connectivity index (χ0v) is 11.5. The summed E-state index contributed by atoms with van der Waals surface area (Å²) < 4.78 is 2.09. The molecular weight excluding hydrogens is 248 g/mol. The van der Waals surface area contributed by atoms with E-state index >= 15 is 0 Å². The van der Waals surface area contributed by atoms with Gasteiger partial charge in [0.15, 0.2) is 0 Å². The molecule has 18 heavy (non-hydrogen) atoms. The van der Waals surface area contributed by atoms with E-state index in [4.69, 9.17) is 5.11 Å². The molecule has 1 unspecified atom stereocenters. The van der Waals surface area contributed by atoms with Gasteiger partial charge in [0, 0.05) is 17.7 Å². The Hall–Kier alpha value is -0.970. The second-order valence-corrected chi connectivity index (χ2v) is 6.01. The molecule has 0 aliphatic heterocycles. The summed E-state index contributed by atoms with van der Waals surface area (Å²) in [6, 6.07) is 2.64. The van der Waals surface area contributed by atoms with Crippen LogP contribution in [0.3, 0.4) is 0 Å². The zero-order valence-electron chi connectivity index (χ0n) is 10.7. The lowest BCUT2D eigenvalue weighted by Crippen LogP contribution is -2.12. The third kappa shape index (κ3) is 3.51. The minimum atomic E-state index is -0.723. The van der Waals surface area contributed by atoms with E-state index in [1.165, 1.54) is 25.7 Å². The lowest BCUT2D eigenvalue weighted by Gasteiger charge is -2.09. The van der Waals surface area contributed by atoms with Gasteiger partial charge in [-0.25, -0.2) is 0 Å². The van der Waals surface area contributed by atoms with E-state index in [1.54, 1.807) is 18.7 Å². The number of thioether (sulfide) groups is 1. The lowest BCUT2D eigenvalue weighted by atomic mass is 10.2. The number of nitrogens with zero attached hydrogens (tertiary/aromatic N) is 2. The Balaban J connectivity index is 1.78. The molecular formula is C13H20N2O2S. The van der Waals surface area contributed by atoms with Crippen LogP contribution in [-0.4, -0.2) is 26.6 Å². The second-order valence-electron chi connectivity index (χ2n) is 4.98. The molecule has 2 rings (SSSR count). The first-order valence-electron chi connectivity index (χ1n) is 6.51. The van der Waals surface area contributed by atoms with Crippen LogP contribution in [0.25, 0.3) is 0 Å². The number of rotatable bonds is 6. The monoisotopic (exact) mass is 268 g/mol. The molecule has 4 nitrogen and oxygen atoms in total. The van der Waals surface area contributed by atoms with E-state index < -0.39 is 5.97 Å². The molecule has 0 aromatic carbocycles. The fourth-order valence-corrected chi connectivity index (χ4v) is 3.22. The SMILES string of the molecule is CC(CSCc1ccn(C2CCCC2)n1)C(=O)O. The van der Waals surface area contributed by atoms with Crippen LogP contribution in [0.4, 0.5) is 0 Å². The molecule has 0 saturated heterocycles. The van der Waals surface area contributed by atoms with Crippen LogP contribution in [-0.2, 0) is 10.5 Å². The maximum atomic E-state index is 10.7. The second kappa shape index (κ2) is 6.27. The first-order valence-corrected chi connectivity index (χ1v) is 7.67. The van der Waals surface area contributed by atoms with Crippen molar-refractivity contribution in [1.29, 1.82) is 0 Å². The number of hydrogen-bond donors (Lipinski definition) is 1. The summed E-state index contributed by atoms with van der Waals surface area (Å²) in [5, 5.41) is 13.4. The van der Waals surface area contributed by atoms with Crippen LogP contribution in [0, 0.1) is 5.92 Å². The van der Waals surface area contributed by atoms with E-state index in [-0.39, 0.29) is 5.92 Å². The normalized spacial score (nSPS) is 18.1. The van der Waals surface area contributed by atoms with E-state index in [9.17, 15) is 4.79 Å². The highest BCUT2D eigenvalue weighted by molar-refractivity contribution is 7.98. The van der Waals surface area contributed by atoms with Crippen LogP contribution >= 0.6 is 11.8 Å². The van der Waals surface area contributed by atoms with E-state index in [2.05, 4.69) is 22.0 Å². The molecule has 0 bridgehead atoms. The molecule has 1 atom stereocenters. The maximum absolute atomic E-state index is 10.7. The van der Waals surface area contributed by atoms with E-state index in [1.807, 2.05) is 0 Å². The summed E-state index contributed by atoms with van der Waals surface area (Å²) in [7, 11) is 0. The van der Waals surface area contributed by atoms with E-state index in [0.29, 0.717) is 11.8 Å². The summed E-state index contributed by atoms with van der Waals surface area (Å²) in [6.07, 6.45) is 7.16. The highest BCUT2D eigenvalue weighted by atomic mass is 32.2. The number of carbonyl (C=O) groups is 1. The average molecular weight is 268 g/mol. The van der Waals surface area contributed by atoms with Crippen LogP contribution in [0.1, 0.15) is 44.3 Å². The highest BCUT2D eigenvalue weighted by Crippen LogP contribution is 2.29. The molecule has 5 heteroatoms. The van der Waals surface area contributed by atoms with Gasteiger partial charge in [0.25, 0.3) is 0 Å². The largest absolute Gasteiger partial charge is 0.481 e. The minimum absolute atomic E-state index is 0.285. The molecule has 1 aromatic rings. The number of carboxylic acids is 1. The van der Waals surface area contributed by atoms with Crippen molar-refractivity contribution < 1.29 is 9.90 Å². The van der Waals surface area contributed by atoms with Crippen molar-refractivity contribution in [2.75, 3.05) is 5.75 Å². The van der Waals surface area contributed by atoms with Gasteiger partial charge in [-0.15, -0.1) is 0 Å². The average Bonchev–Trinajstić information content (AvgIpc) is 2.98. The Morgan fingerprint density at radius 3 is 3.00 bits per heavy atom. The maximum Gasteiger partial charge on any atom is 0.307 e. The van der Waals surface area contributed by atoms with Crippen LogP contribution in [0.5, 0.6) is 0 Å². The fourth-order valence-electron chi connectivity index (χ4n) is 2.24.